The number of aliphatic carboxylic acids is 1. The summed E-state index contributed by atoms with van der Waals surface area (Å²) < 4.78 is 5.89. The van der Waals surface area contributed by atoms with Crippen molar-refractivity contribution in [1.82, 2.24) is 0 Å². The number of allylic oxidation sites excluding steroid dienone is 2. The van der Waals surface area contributed by atoms with Gasteiger partial charge >= 0.3 is 11.9 Å². The maximum Gasteiger partial charge on any atom is 0.331 e. The van der Waals surface area contributed by atoms with Gasteiger partial charge in [-0.15, -0.1) is 0 Å². The van der Waals surface area contributed by atoms with Crippen molar-refractivity contribution in [3.05, 3.63) is 22.8 Å². The predicted octanol–water partition coefficient (Wildman–Crippen LogP) is 6.70. The molecule has 0 aromatic rings. The Bertz CT molecular complexity index is 960. The topological polar surface area (TPSA) is 83.8 Å². The van der Waals surface area contributed by atoms with Crippen LogP contribution >= 0.6 is 0 Å². The number of carboxylic acids is 1. The van der Waals surface area contributed by atoms with Crippen LogP contribution in [0.1, 0.15) is 106 Å². The first-order valence-corrected chi connectivity index (χ1v) is 14.2. The third-order valence-corrected chi connectivity index (χ3v) is 11.4. The highest BCUT2D eigenvalue weighted by Gasteiger charge is 2.70. The van der Waals surface area contributed by atoms with Gasteiger partial charge in [0.05, 0.1) is 6.10 Å². The fourth-order valence-electron chi connectivity index (χ4n) is 9.88. The fraction of sp³-hybridized carbons (Fsp3) is 0.806. The van der Waals surface area contributed by atoms with Crippen molar-refractivity contribution in [2.45, 2.75) is 118 Å². The Kier molecular flexibility index (Phi) is 7.31. The van der Waals surface area contributed by atoms with Crippen molar-refractivity contribution >= 4 is 11.9 Å². The van der Waals surface area contributed by atoms with Gasteiger partial charge in [0.25, 0.3) is 0 Å². The number of aliphatic hydroxyl groups is 1. The van der Waals surface area contributed by atoms with Gasteiger partial charge in [0, 0.05) is 12.5 Å². The van der Waals surface area contributed by atoms with Crippen LogP contribution in [0.25, 0.3) is 0 Å². The minimum absolute atomic E-state index is 0.0839. The first-order chi connectivity index (χ1) is 16.8. The minimum atomic E-state index is -0.924. The SMILES string of the molecule is CC(=O)OC1CC2(C)C(CC(O)C3C4(C)CCCC(C)C4CCC32C)C1=C(CCC=C(C)C)C(=O)O. The molecule has 0 bridgehead atoms. The molecule has 4 saturated carbocycles. The number of fused-ring (bicyclic) bond motifs is 5. The zero-order valence-electron chi connectivity index (χ0n) is 23.5. The van der Waals surface area contributed by atoms with E-state index in [1.807, 2.05) is 13.8 Å². The zero-order valence-corrected chi connectivity index (χ0v) is 23.5. The number of hydrogen-bond donors (Lipinski definition) is 2. The van der Waals surface area contributed by atoms with E-state index in [2.05, 4.69) is 33.8 Å². The molecular formula is C31H48O5. The Hall–Kier alpha value is -1.62. The number of esters is 1. The van der Waals surface area contributed by atoms with E-state index in [9.17, 15) is 19.8 Å². The van der Waals surface area contributed by atoms with Crippen LogP contribution in [0.3, 0.4) is 0 Å². The number of aliphatic hydroxyl groups excluding tert-OH is 1. The van der Waals surface area contributed by atoms with E-state index in [1.165, 1.54) is 19.8 Å². The van der Waals surface area contributed by atoms with Crippen molar-refractivity contribution in [2.75, 3.05) is 0 Å². The van der Waals surface area contributed by atoms with Gasteiger partial charge in [-0.25, -0.2) is 4.79 Å². The number of carboxylic acid groups (broad SMARTS) is 1. The van der Waals surface area contributed by atoms with Gasteiger partial charge in [-0.2, -0.15) is 0 Å². The lowest BCUT2D eigenvalue weighted by Gasteiger charge is -2.68. The van der Waals surface area contributed by atoms with Crippen LogP contribution in [0, 0.1) is 39.9 Å². The monoisotopic (exact) mass is 500 g/mol. The standard InChI is InChI=1S/C31H48O5/c1-18(2)10-8-12-21(28(34)35)26-23-16-24(33)27-29(5)14-9-11-19(3)22(29)13-15-30(27,6)31(23,7)17-25(26)36-20(4)32/h10,19,22-25,27,33H,8-9,11-17H2,1-7H3,(H,34,35). The Labute approximate surface area is 217 Å². The van der Waals surface area contributed by atoms with E-state index < -0.39 is 18.2 Å². The number of carbonyl (C=O) groups excluding carboxylic acids is 1. The third kappa shape index (κ3) is 4.18. The van der Waals surface area contributed by atoms with Crippen molar-refractivity contribution in [1.29, 1.82) is 0 Å². The highest BCUT2D eigenvalue weighted by atomic mass is 16.5. The third-order valence-electron chi connectivity index (χ3n) is 11.4. The van der Waals surface area contributed by atoms with Crippen molar-refractivity contribution in [3.8, 4) is 0 Å². The molecule has 202 valence electrons. The molecule has 0 aromatic heterocycles. The second-order valence-corrected chi connectivity index (χ2v) is 13.6. The summed E-state index contributed by atoms with van der Waals surface area (Å²) >= 11 is 0. The molecule has 4 fully saturated rings. The van der Waals surface area contributed by atoms with E-state index in [4.69, 9.17) is 4.74 Å². The molecular weight excluding hydrogens is 452 g/mol. The van der Waals surface area contributed by atoms with E-state index in [1.54, 1.807) is 0 Å². The molecule has 2 N–H and O–H groups in total. The second-order valence-electron chi connectivity index (χ2n) is 13.6. The van der Waals surface area contributed by atoms with Crippen LogP contribution in [0.4, 0.5) is 0 Å². The molecule has 36 heavy (non-hydrogen) atoms. The Morgan fingerprint density at radius 1 is 1.08 bits per heavy atom. The summed E-state index contributed by atoms with van der Waals surface area (Å²) in [6.45, 7) is 15.0. The summed E-state index contributed by atoms with van der Waals surface area (Å²) in [5.41, 5.74) is 2.01. The molecule has 5 heteroatoms. The van der Waals surface area contributed by atoms with Gasteiger partial charge in [0.2, 0.25) is 0 Å². The molecule has 0 amide bonds. The molecule has 0 saturated heterocycles. The molecule has 0 aliphatic heterocycles. The predicted molar refractivity (Wildman–Crippen MR) is 141 cm³/mol. The van der Waals surface area contributed by atoms with Gasteiger partial charge in [0.15, 0.2) is 0 Å². The summed E-state index contributed by atoms with van der Waals surface area (Å²) in [4.78, 5) is 24.8. The number of rotatable bonds is 5. The van der Waals surface area contributed by atoms with E-state index >= 15 is 0 Å². The lowest BCUT2D eigenvalue weighted by molar-refractivity contribution is -0.225. The van der Waals surface area contributed by atoms with Gasteiger partial charge < -0.3 is 14.9 Å². The highest BCUT2D eigenvalue weighted by Crippen LogP contribution is 2.74. The van der Waals surface area contributed by atoms with Crippen LogP contribution in [-0.4, -0.2) is 34.4 Å². The maximum absolute atomic E-state index is 12.6. The van der Waals surface area contributed by atoms with Gasteiger partial charge in [0.1, 0.15) is 6.10 Å². The molecule has 0 radical (unpaired) electrons. The lowest BCUT2D eigenvalue weighted by atomic mass is 9.36. The molecule has 4 rings (SSSR count). The molecule has 0 heterocycles. The maximum atomic E-state index is 12.6. The lowest BCUT2D eigenvalue weighted by Crippen LogP contribution is -2.64. The molecule has 9 atom stereocenters. The highest BCUT2D eigenvalue weighted by molar-refractivity contribution is 5.88. The van der Waals surface area contributed by atoms with Crippen LogP contribution in [-0.2, 0) is 14.3 Å². The van der Waals surface area contributed by atoms with Crippen LogP contribution < -0.4 is 0 Å². The average Bonchev–Trinajstić information content (AvgIpc) is 3.02. The van der Waals surface area contributed by atoms with Crippen LogP contribution in [0.15, 0.2) is 22.8 Å². The number of carbonyl (C=O) groups is 2. The molecule has 5 nitrogen and oxygen atoms in total. The average molecular weight is 501 g/mol. The summed E-state index contributed by atoms with van der Waals surface area (Å²) in [5, 5.41) is 22.2. The summed E-state index contributed by atoms with van der Waals surface area (Å²) in [7, 11) is 0. The second kappa shape index (κ2) is 9.60. The summed E-state index contributed by atoms with van der Waals surface area (Å²) in [5.74, 6) is 0.0759. The Morgan fingerprint density at radius 2 is 1.78 bits per heavy atom. The number of hydrogen-bond acceptors (Lipinski definition) is 4. The largest absolute Gasteiger partial charge is 0.478 e. The van der Waals surface area contributed by atoms with Gasteiger partial charge in [-0.05, 0) is 104 Å². The quantitative estimate of drug-likeness (QED) is 0.249. The first-order valence-electron chi connectivity index (χ1n) is 14.2. The molecule has 4 aliphatic carbocycles. The van der Waals surface area contributed by atoms with Crippen molar-refractivity contribution < 1.29 is 24.5 Å². The summed E-state index contributed by atoms with van der Waals surface area (Å²) in [6, 6.07) is 0. The molecule has 0 aromatic carbocycles. The number of ether oxygens (including phenoxy) is 1. The first kappa shape index (κ1) is 27.4. The van der Waals surface area contributed by atoms with Crippen molar-refractivity contribution in [2.24, 2.45) is 39.9 Å². The van der Waals surface area contributed by atoms with Crippen molar-refractivity contribution in [3.63, 3.8) is 0 Å². The smallest absolute Gasteiger partial charge is 0.331 e. The molecule has 4 aliphatic rings. The Morgan fingerprint density at radius 3 is 2.39 bits per heavy atom. The fourth-order valence-corrected chi connectivity index (χ4v) is 9.88. The Balaban J connectivity index is 1.83. The van der Waals surface area contributed by atoms with Gasteiger partial charge in [-0.3, -0.25) is 4.79 Å². The van der Waals surface area contributed by atoms with E-state index in [-0.39, 0.29) is 34.1 Å². The molecule has 9 unspecified atom stereocenters. The van der Waals surface area contributed by atoms with Crippen LogP contribution in [0.2, 0.25) is 0 Å². The molecule has 0 spiro atoms. The minimum Gasteiger partial charge on any atom is -0.478 e. The zero-order chi connectivity index (χ0) is 26.6. The van der Waals surface area contributed by atoms with Crippen LogP contribution in [0.5, 0.6) is 0 Å². The van der Waals surface area contributed by atoms with E-state index in [0.717, 1.165) is 30.4 Å². The summed E-state index contributed by atoms with van der Waals surface area (Å²) in [6.07, 6.45) is 9.13. The normalized spacial score (nSPS) is 45.1. The van der Waals surface area contributed by atoms with E-state index in [0.29, 0.717) is 43.1 Å². The van der Waals surface area contributed by atoms with Gasteiger partial charge in [-0.1, -0.05) is 52.2 Å².